The van der Waals surface area contributed by atoms with Crippen molar-refractivity contribution in [2.24, 2.45) is 5.92 Å². The van der Waals surface area contributed by atoms with Crippen molar-refractivity contribution in [3.63, 3.8) is 0 Å². The summed E-state index contributed by atoms with van der Waals surface area (Å²) in [4.78, 5) is 124. The summed E-state index contributed by atoms with van der Waals surface area (Å²) in [6, 6.07) is 9.56. The van der Waals surface area contributed by atoms with E-state index >= 15 is 0 Å². The summed E-state index contributed by atoms with van der Waals surface area (Å²) < 4.78 is 108. The maximum Gasteiger partial charge on any atom is 0.355 e. The number of aliphatic hydroxyl groups excluding tert-OH is 19. The van der Waals surface area contributed by atoms with Crippen LogP contribution in [0.2, 0.25) is 0 Å². The van der Waals surface area contributed by atoms with E-state index in [-0.39, 0.29) is 87.1 Å². The Bertz CT molecular complexity index is 4790. The molecule has 0 spiro atoms. The Hall–Kier alpha value is -7.00. The largest absolute Gasteiger partial charge is 0.457 e. The van der Waals surface area contributed by atoms with Gasteiger partial charge in [-0.25, -0.2) is 9.78 Å². The van der Waals surface area contributed by atoms with Gasteiger partial charge in [0.2, 0.25) is 29.2 Å². The number of hydrogen-bond donors (Lipinski definition) is 24. The van der Waals surface area contributed by atoms with Crippen molar-refractivity contribution >= 4 is 81.6 Å². The minimum atomic E-state index is -2.37. The molecule has 25 heterocycles. The Morgan fingerprint density at radius 3 is 1.28 bits per heavy atom. The fraction of sp³-hybridized carbons (Fsp3) is 0.744. The molecule has 23 aliphatic rings. The number of aromatic nitrogens is 2. The molecule has 1 aromatic carbocycles. The van der Waals surface area contributed by atoms with Gasteiger partial charge in [0, 0.05) is 65.8 Å². The maximum absolute atomic E-state index is 14.1. The number of para-hydroxylation sites is 1. The van der Waals surface area contributed by atoms with Crippen molar-refractivity contribution in [1.82, 2.24) is 36.1 Å². The fourth-order valence-corrected chi connectivity index (χ4v) is 20.3. The number of benzene rings is 1. The van der Waals surface area contributed by atoms with Gasteiger partial charge in [0.15, 0.2) is 44.0 Å². The number of thioether (sulfide) groups is 2. The van der Waals surface area contributed by atoms with Crippen LogP contribution in [0, 0.1) is 5.92 Å². The number of rotatable bonds is 35. The minimum Gasteiger partial charge on any atom is -0.457 e. The summed E-state index contributed by atoms with van der Waals surface area (Å²) in [5.41, 5.74) is -0.228. The number of esters is 2. The summed E-state index contributed by atoms with van der Waals surface area (Å²) in [6.45, 7) is -5.11. The van der Waals surface area contributed by atoms with E-state index in [0.717, 1.165) is 34.5 Å². The van der Waals surface area contributed by atoms with Gasteiger partial charge < -0.3 is 213 Å². The van der Waals surface area contributed by atoms with Gasteiger partial charge in [-0.1, -0.05) is 25.1 Å². The third kappa shape index (κ3) is 25.2. The zero-order chi connectivity index (χ0) is 102. The van der Waals surface area contributed by atoms with E-state index in [9.17, 15) is 140 Å². The van der Waals surface area contributed by atoms with Gasteiger partial charge in [0.25, 0.3) is 5.56 Å². The van der Waals surface area contributed by atoms with E-state index in [1.807, 2.05) is 18.2 Å². The van der Waals surface area contributed by atoms with Crippen LogP contribution in [0.15, 0.2) is 41.2 Å². The normalized spacial score (nSPS) is 37.5. The first-order valence-electron chi connectivity index (χ1n) is 45.8. The molecule has 141 heavy (non-hydrogen) atoms. The molecule has 0 saturated carbocycles. The molecule has 53 nitrogen and oxygen atoms in total. The highest BCUT2D eigenvalue weighted by atomic mass is 32.2. The lowest BCUT2D eigenvalue weighted by molar-refractivity contribution is -0.395. The van der Waals surface area contributed by atoms with Crippen LogP contribution < -0.4 is 32.1 Å². The highest BCUT2D eigenvalue weighted by Gasteiger charge is 2.61. The number of fused-ring (bicyclic) bond motifs is 5. The summed E-state index contributed by atoms with van der Waals surface area (Å²) in [7, 11) is 2.65. The first kappa shape index (κ1) is 111. The monoisotopic (exact) mass is 2050 g/mol. The first-order valence-corrected chi connectivity index (χ1v) is 48.1. The van der Waals surface area contributed by atoms with Crippen LogP contribution in [-0.2, 0) is 142 Å². The molecule has 55 heteroatoms. The summed E-state index contributed by atoms with van der Waals surface area (Å²) in [6.07, 6.45) is -75.0. The van der Waals surface area contributed by atoms with Gasteiger partial charge in [0.1, 0.15) is 183 Å². The smallest absolute Gasteiger partial charge is 0.355 e. The molecule has 3 aromatic rings. The molecule has 38 atom stereocenters. The van der Waals surface area contributed by atoms with Gasteiger partial charge in [-0.05, 0) is 38.6 Å². The second kappa shape index (κ2) is 50.1. The van der Waals surface area contributed by atoms with E-state index in [1.54, 1.807) is 18.2 Å². The Labute approximate surface area is 811 Å². The Kier molecular flexibility index (Phi) is 39.5. The minimum absolute atomic E-state index is 0.0663. The number of nitrogens with zero attached hydrogens (tertiary/aromatic N) is 2. The van der Waals surface area contributed by atoms with Gasteiger partial charge >= 0.3 is 11.9 Å². The van der Waals surface area contributed by atoms with Crippen LogP contribution in [-0.4, -0.2) is 491 Å². The zero-order valence-electron chi connectivity index (χ0n) is 76.6. The van der Waals surface area contributed by atoms with Crippen molar-refractivity contribution in [2.45, 2.75) is 279 Å². The SMILES string of the molecule is CC[C@@]1(OC(=O)CNC(=O)CNC(=O)CNC(=O)[C@@H](CSCC2O[C@H]3O[C@@H]4C(CO)O[C@H](O[C@@H]5C(CO)O[C@H](O[C@@H]6C(CO)O[C@H](O[C@@H]7C(CSC[C@@H](CC(=O)CCOCCOCCC(C)=O)C(=O)NC)O[C@H](O[C@@H]8C(CO)O[C@@H](O[C@@H]9C(CO)O[C@@H](O[C@H]2[C@H](O)C3O)C(O)[C@H]9O)C(O)[C@H]8O)C(O)[C@H]7O)C(O)[C@H]6O)C(O)[C@H]5O)C(O)[C@H]4O)NC)C(=O)OCc2c1cc1n(c2=O)Cc2cc3ccccc3nc2-1. The topological polar surface area (TPSA) is 782 Å². The molecule has 14 unspecified atom stereocenters. The molecule has 4 amide bonds. The second-order valence-electron chi connectivity index (χ2n) is 35.2. The van der Waals surface area contributed by atoms with Crippen LogP contribution in [0.3, 0.4) is 0 Å². The summed E-state index contributed by atoms with van der Waals surface area (Å²) in [5, 5.41) is 234. The molecule has 21 saturated heterocycles. The van der Waals surface area contributed by atoms with Crippen LogP contribution in [0.4, 0.5) is 0 Å². The van der Waals surface area contributed by atoms with E-state index in [2.05, 4.69) is 26.6 Å². The molecule has 2 aromatic heterocycles. The Morgan fingerprint density at radius 1 is 0.482 bits per heavy atom. The van der Waals surface area contributed by atoms with Crippen LogP contribution in [0.5, 0.6) is 0 Å². The lowest BCUT2D eigenvalue weighted by Gasteiger charge is -2.50. The number of hydrogen-bond acceptors (Lipinski definition) is 50. The third-order valence-corrected chi connectivity index (χ3v) is 28.2. The van der Waals surface area contributed by atoms with Crippen molar-refractivity contribution < 1.29 is 221 Å². The van der Waals surface area contributed by atoms with Crippen molar-refractivity contribution in [1.29, 1.82) is 0 Å². The molecule has 14 bridgehead atoms. The van der Waals surface area contributed by atoms with Crippen LogP contribution in [0.25, 0.3) is 22.3 Å². The number of Topliss-reactive ketones (excluding diaryl/α,β-unsaturated/α-hetero) is 2. The highest BCUT2D eigenvalue weighted by molar-refractivity contribution is 7.99. The molecule has 790 valence electrons. The predicted octanol–water partition coefficient (Wildman–Crippen LogP) is -13.4. The van der Waals surface area contributed by atoms with Crippen LogP contribution in [0.1, 0.15) is 56.2 Å². The number of ketones is 2. The second-order valence-corrected chi connectivity index (χ2v) is 37.3. The van der Waals surface area contributed by atoms with E-state index in [0.29, 0.717) is 16.9 Å². The number of cyclic esters (lactones) is 1. The molecule has 0 radical (unpaired) electrons. The lowest BCUT2D eigenvalue weighted by atomic mass is 9.85. The fourth-order valence-electron chi connectivity index (χ4n) is 17.9. The zero-order valence-corrected chi connectivity index (χ0v) is 78.2. The molecule has 24 N–H and O–H groups in total. The average molecular weight is 2060 g/mol. The third-order valence-electron chi connectivity index (χ3n) is 25.8. The quantitative estimate of drug-likeness (QED) is 0.0150. The van der Waals surface area contributed by atoms with E-state index in [1.165, 1.54) is 32.5 Å². The number of amides is 4. The molecular formula is C86H123N7O46S2. The van der Waals surface area contributed by atoms with E-state index < -0.39 is 350 Å². The number of pyridine rings is 2. The molecule has 21 fully saturated rings. The number of nitrogens with one attached hydrogen (secondary N) is 5. The number of carbonyl (C=O) groups is 8. The Morgan fingerprint density at radius 2 is 0.872 bits per heavy atom. The highest BCUT2D eigenvalue weighted by Crippen LogP contribution is 2.44. The van der Waals surface area contributed by atoms with Crippen LogP contribution >= 0.6 is 23.5 Å². The van der Waals surface area contributed by atoms with Gasteiger partial charge in [-0.2, -0.15) is 23.5 Å². The number of carbonyl (C=O) groups excluding carboxylic acids is 8. The molecule has 0 aliphatic carbocycles. The predicted molar refractivity (Wildman–Crippen MR) is 468 cm³/mol. The number of ether oxygens (including phenoxy) is 18. The molecule has 26 rings (SSSR count). The number of likely N-dealkylation sites (N-methyl/N-ethyl adjacent to an activating group) is 1. The maximum atomic E-state index is 14.1. The van der Waals surface area contributed by atoms with Crippen molar-refractivity contribution in [3.8, 4) is 11.4 Å². The Balaban J connectivity index is 0.693. The van der Waals surface area contributed by atoms with Crippen molar-refractivity contribution in [3.05, 3.63) is 63.4 Å². The van der Waals surface area contributed by atoms with E-state index in [4.69, 9.17) is 90.2 Å². The standard InChI is InChI=1S/C86H123N7O46S2/c1-5-86(39-18-42-53-35(16-34-8-6-7-9-40(34)92-53)22-93(42)77(120)38(39)28-124-85(86)121)139-52(103)21-90-50(101)19-89-51(102)20-91-76(119)41(87-3)30-141-32-49-74-60(110)67(117)84(131-49)136-72-47(27-98)127-79(63(113)56(72)106)132-68-43(23-94)125-78(61(111)54(68)104)133-69-44(24-95)128-81(64(114)57(69)107)137-73-48(31-140-29-36(75(118)88-4)17-37(100)11-13-123-15-14-122-12-10-33(2)99)130-83(66(116)59(73)109)135-71-46(26-97)126-80(62(112)55(71)105)134-70-45(25-96)129-82(138-74)65(115)58(70)108/h6-9,16,18,36,41,43-49,54-74,78-84,87,94-98,104-117H,5,10-15,17,19-32H2,1-4H3,(H,88,118)(H,89,102)(H,90,101)(H,91,119)/t36-,41-,43?,44?,45?,46?,47?,48?,49?,54-,55-,56-,57-,58-,59-,60-,61?,62?,63?,64?,65?,66?,67?,68-,69-,70-,71-,72-,73-,74-,78-,79-,80+,81-,82+,83-,84+,86+/m1/s1. The first-order chi connectivity index (χ1) is 67.4. The molecule has 23 aliphatic heterocycles. The van der Waals surface area contributed by atoms with Gasteiger partial charge in [-0.3, -0.25) is 38.4 Å². The summed E-state index contributed by atoms with van der Waals surface area (Å²) in [5.74, 6) is -8.35. The number of aliphatic hydroxyl groups is 19. The van der Waals surface area contributed by atoms with Gasteiger partial charge in [-0.15, -0.1) is 0 Å². The summed E-state index contributed by atoms with van der Waals surface area (Å²) >= 11 is 1.73. The lowest BCUT2D eigenvalue weighted by Crippen LogP contribution is -2.68. The van der Waals surface area contributed by atoms with Gasteiger partial charge in [0.05, 0.1) is 126 Å². The van der Waals surface area contributed by atoms with Crippen molar-refractivity contribution in [2.75, 3.05) is 116 Å². The molecular weight excluding hydrogens is 1930 g/mol. The average Bonchev–Trinajstić information content (AvgIpc) is 1.58.